The fraction of sp³-hybridized carbons (Fsp3) is 0.364. The zero-order valence-electron chi connectivity index (χ0n) is 13.3. The first kappa shape index (κ1) is 12.7. The van der Waals surface area contributed by atoms with E-state index in [-0.39, 0.29) is 0 Å². The molecule has 2 aromatic carbocycles. The van der Waals surface area contributed by atoms with Crippen LogP contribution in [0.2, 0.25) is 0 Å². The summed E-state index contributed by atoms with van der Waals surface area (Å²) in [4.78, 5) is 0. The second kappa shape index (κ2) is 3.74. The van der Waals surface area contributed by atoms with Crippen molar-refractivity contribution >= 4 is 0 Å². The Kier molecular flexibility index (Phi) is 2.16. The first-order valence-electron chi connectivity index (χ1n) is 8.47. The average molecular weight is 286 g/mol. The highest BCUT2D eigenvalue weighted by Gasteiger charge is 2.95. The predicted molar refractivity (Wildman–Crippen MR) is 90.8 cm³/mol. The maximum atomic E-state index is 2.51. The fourth-order valence-electron chi connectivity index (χ4n) is 6.81. The summed E-state index contributed by atoms with van der Waals surface area (Å²) in [5, 5.41) is 0. The molecule has 3 aliphatic carbocycles. The standard InChI is InChI=1S/C22H22/c1-20(2)21(16-10-5-3-6-11-16)18-14-9-15-19(18)22(20,21)17-12-7-4-8-13-17/h3-14,18-19H,15H2,1-2H3/t18-,19+,21+,22-/m0/s1. The molecule has 22 heavy (non-hydrogen) atoms. The summed E-state index contributed by atoms with van der Waals surface area (Å²) in [5.74, 6) is 1.50. The highest BCUT2D eigenvalue weighted by Crippen LogP contribution is 2.94. The summed E-state index contributed by atoms with van der Waals surface area (Å²) in [7, 11) is 0. The molecule has 0 radical (unpaired) electrons. The van der Waals surface area contributed by atoms with Crippen molar-refractivity contribution in [2.45, 2.75) is 31.1 Å². The van der Waals surface area contributed by atoms with Gasteiger partial charge in [-0.3, -0.25) is 0 Å². The van der Waals surface area contributed by atoms with Crippen molar-refractivity contribution in [2.75, 3.05) is 0 Å². The van der Waals surface area contributed by atoms with E-state index in [0.717, 1.165) is 5.92 Å². The molecule has 0 saturated heterocycles. The minimum atomic E-state index is 0.292. The quantitative estimate of drug-likeness (QED) is 0.673. The van der Waals surface area contributed by atoms with E-state index in [2.05, 4.69) is 86.7 Å². The molecular formula is C22H22. The van der Waals surface area contributed by atoms with Crippen LogP contribution in [0.15, 0.2) is 72.8 Å². The third-order valence-electron chi connectivity index (χ3n) is 7.21. The summed E-state index contributed by atoms with van der Waals surface area (Å²) in [6, 6.07) is 22.6. The highest BCUT2D eigenvalue weighted by atomic mass is 15.0. The van der Waals surface area contributed by atoms with Gasteiger partial charge in [0.05, 0.1) is 0 Å². The topological polar surface area (TPSA) is 0 Å². The van der Waals surface area contributed by atoms with Gasteiger partial charge in [-0.2, -0.15) is 0 Å². The Morgan fingerprint density at radius 1 is 0.773 bits per heavy atom. The fourth-order valence-corrected chi connectivity index (χ4v) is 6.81. The van der Waals surface area contributed by atoms with Gasteiger partial charge in [0.25, 0.3) is 0 Å². The van der Waals surface area contributed by atoms with Gasteiger partial charge in [0.2, 0.25) is 0 Å². The van der Waals surface area contributed by atoms with Gasteiger partial charge in [-0.15, -0.1) is 0 Å². The maximum Gasteiger partial charge on any atom is 0.0184 e. The largest absolute Gasteiger partial charge is 0.0879 e. The molecule has 2 aromatic rings. The summed E-state index contributed by atoms with van der Waals surface area (Å²) in [5.41, 5.74) is 4.02. The van der Waals surface area contributed by atoms with Gasteiger partial charge in [0.15, 0.2) is 0 Å². The summed E-state index contributed by atoms with van der Waals surface area (Å²) >= 11 is 0. The zero-order valence-corrected chi connectivity index (χ0v) is 13.3. The molecule has 110 valence electrons. The van der Waals surface area contributed by atoms with E-state index in [9.17, 15) is 0 Å². The monoisotopic (exact) mass is 286 g/mol. The minimum Gasteiger partial charge on any atom is -0.0879 e. The number of rotatable bonds is 2. The van der Waals surface area contributed by atoms with Crippen LogP contribution in [0, 0.1) is 17.3 Å². The first-order chi connectivity index (χ1) is 10.7. The lowest BCUT2D eigenvalue weighted by Gasteiger charge is -2.48. The number of fused-ring (bicyclic) bond motifs is 4. The van der Waals surface area contributed by atoms with Crippen LogP contribution in [0.4, 0.5) is 0 Å². The molecule has 0 bridgehead atoms. The van der Waals surface area contributed by atoms with Crippen LogP contribution in [0.3, 0.4) is 0 Å². The number of benzene rings is 2. The van der Waals surface area contributed by atoms with Crippen molar-refractivity contribution < 1.29 is 0 Å². The number of hydrogen-bond donors (Lipinski definition) is 0. The molecule has 0 aromatic heterocycles. The van der Waals surface area contributed by atoms with E-state index in [4.69, 9.17) is 0 Å². The lowest BCUT2D eigenvalue weighted by atomic mass is 9.54. The molecule has 0 unspecified atom stereocenters. The summed E-state index contributed by atoms with van der Waals surface area (Å²) in [6.45, 7) is 5.00. The molecule has 0 heteroatoms. The maximum absolute atomic E-state index is 2.51. The Morgan fingerprint density at radius 3 is 1.91 bits per heavy atom. The summed E-state index contributed by atoms with van der Waals surface area (Å²) in [6.07, 6.45) is 6.18. The van der Waals surface area contributed by atoms with E-state index in [1.807, 2.05) is 0 Å². The lowest BCUT2D eigenvalue weighted by molar-refractivity contribution is 0.145. The van der Waals surface area contributed by atoms with E-state index < -0.39 is 0 Å². The Labute approximate surface area is 132 Å². The number of hydrogen-bond acceptors (Lipinski definition) is 0. The van der Waals surface area contributed by atoms with E-state index in [1.165, 1.54) is 12.0 Å². The van der Waals surface area contributed by atoms with Crippen molar-refractivity contribution in [3.63, 3.8) is 0 Å². The summed E-state index contributed by atoms with van der Waals surface area (Å²) < 4.78 is 0. The van der Waals surface area contributed by atoms with Gasteiger partial charge in [0, 0.05) is 10.8 Å². The van der Waals surface area contributed by atoms with Crippen LogP contribution in [-0.4, -0.2) is 0 Å². The predicted octanol–water partition coefficient (Wildman–Crippen LogP) is 5.11. The molecule has 2 saturated carbocycles. The second-order valence-electron chi connectivity index (χ2n) is 7.77. The average Bonchev–Trinajstić information content (AvgIpc) is 2.78. The highest BCUT2D eigenvalue weighted by molar-refractivity contribution is 5.66. The Morgan fingerprint density at radius 2 is 1.32 bits per heavy atom. The molecular weight excluding hydrogens is 264 g/mol. The molecule has 0 heterocycles. The van der Waals surface area contributed by atoms with Gasteiger partial charge >= 0.3 is 0 Å². The van der Waals surface area contributed by atoms with Crippen LogP contribution in [0.1, 0.15) is 31.4 Å². The molecule has 0 amide bonds. The van der Waals surface area contributed by atoms with E-state index in [1.54, 1.807) is 5.56 Å². The van der Waals surface area contributed by atoms with E-state index in [0.29, 0.717) is 22.2 Å². The molecule has 5 rings (SSSR count). The first-order valence-corrected chi connectivity index (χ1v) is 8.47. The number of allylic oxidation sites excluding steroid dienone is 2. The Bertz CT molecular complexity index is 755. The van der Waals surface area contributed by atoms with Crippen LogP contribution in [-0.2, 0) is 10.8 Å². The van der Waals surface area contributed by atoms with Gasteiger partial charge in [-0.05, 0) is 34.8 Å². The SMILES string of the molecule is CC1(C)[C@]2(c3ccccc3)[C@@H]3CC=C[C@@H]3[C@]12c1ccccc1. The molecule has 0 aliphatic heterocycles. The molecule has 0 spiro atoms. The van der Waals surface area contributed by atoms with Crippen LogP contribution >= 0.6 is 0 Å². The third-order valence-corrected chi connectivity index (χ3v) is 7.21. The van der Waals surface area contributed by atoms with Crippen molar-refractivity contribution in [2.24, 2.45) is 17.3 Å². The van der Waals surface area contributed by atoms with Gasteiger partial charge < -0.3 is 0 Å². The van der Waals surface area contributed by atoms with Crippen molar-refractivity contribution in [1.29, 1.82) is 0 Å². The zero-order chi connectivity index (χ0) is 15.0. The Hall–Kier alpha value is -1.82. The van der Waals surface area contributed by atoms with Crippen molar-refractivity contribution in [1.82, 2.24) is 0 Å². The van der Waals surface area contributed by atoms with Crippen molar-refractivity contribution in [3.05, 3.63) is 83.9 Å². The Balaban J connectivity index is 1.78. The van der Waals surface area contributed by atoms with Gasteiger partial charge in [-0.1, -0.05) is 86.7 Å². The lowest BCUT2D eigenvalue weighted by Crippen LogP contribution is -2.49. The third kappa shape index (κ3) is 1.00. The normalized spacial score (nSPS) is 39.7. The minimum absolute atomic E-state index is 0.292. The van der Waals surface area contributed by atoms with Gasteiger partial charge in [0.1, 0.15) is 0 Å². The van der Waals surface area contributed by atoms with Crippen LogP contribution in [0.25, 0.3) is 0 Å². The molecule has 0 nitrogen and oxygen atoms in total. The van der Waals surface area contributed by atoms with Crippen molar-refractivity contribution in [3.8, 4) is 0 Å². The van der Waals surface area contributed by atoms with Gasteiger partial charge in [-0.25, -0.2) is 0 Å². The molecule has 4 atom stereocenters. The van der Waals surface area contributed by atoms with Crippen LogP contribution in [0.5, 0.6) is 0 Å². The molecule has 2 fully saturated rings. The smallest absolute Gasteiger partial charge is 0.0184 e. The van der Waals surface area contributed by atoms with Crippen LogP contribution < -0.4 is 0 Å². The molecule has 0 N–H and O–H groups in total. The van der Waals surface area contributed by atoms with E-state index >= 15 is 0 Å². The molecule has 3 aliphatic rings. The second-order valence-corrected chi connectivity index (χ2v) is 7.77.